The number of anilines is 1. The molecule has 3 rings (SSSR count). The number of benzene rings is 2. The fraction of sp³-hybridized carbons (Fsp3) is 0. The molecule has 3 aromatic rings. The zero-order valence-electron chi connectivity index (χ0n) is 11.3. The number of nitrogens with zero attached hydrogens (tertiary/aromatic N) is 2. The highest BCUT2D eigenvalue weighted by molar-refractivity contribution is 9.10. The molecule has 0 aliphatic heterocycles. The Morgan fingerprint density at radius 1 is 1.14 bits per heavy atom. The third kappa shape index (κ3) is 3.07. The topological polar surface area (TPSA) is 46.9 Å². The Morgan fingerprint density at radius 3 is 2.64 bits per heavy atom. The van der Waals surface area contributed by atoms with E-state index < -0.39 is 5.82 Å². The first kappa shape index (κ1) is 14.5. The second kappa shape index (κ2) is 6.11. The van der Waals surface area contributed by atoms with Crippen molar-refractivity contribution in [3.63, 3.8) is 0 Å². The van der Waals surface area contributed by atoms with Gasteiger partial charge in [-0.25, -0.2) is 9.07 Å². The third-order valence-corrected chi connectivity index (χ3v) is 3.68. The molecule has 6 heteroatoms. The van der Waals surface area contributed by atoms with Crippen LogP contribution in [0.4, 0.5) is 10.2 Å². The average molecular weight is 360 g/mol. The molecule has 1 amide bonds. The summed E-state index contributed by atoms with van der Waals surface area (Å²) in [7, 11) is 0. The largest absolute Gasteiger partial charge is 0.305 e. The summed E-state index contributed by atoms with van der Waals surface area (Å²) in [6, 6.07) is 15.2. The fourth-order valence-corrected chi connectivity index (χ4v) is 2.50. The zero-order chi connectivity index (χ0) is 15.5. The van der Waals surface area contributed by atoms with Crippen LogP contribution in [-0.4, -0.2) is 15.7 Å². The van der Waals surface area contributed by atoms with Crippen LogP contribution in [0.3, 0.4) is 0 Å². The zero-order valence-corrected chi connectivity index (χ0v) is 12.9. The number of rotatable bonds is 3. The standard InChI is InChI=1S/C16H11BrFN3O/c17-14-10-11(18)6-7-13(14)16(22)19-15-8-9-21(20-15)12-4-2-1-3-5-12/h1-10H,(H,19,20,22). The molecule has 1 heterocycles. The Hall–Kier alpha value is -2.47. The van der Waals surface area contributed by atoms with Gasteiger partial charge in [-0.2, -0.15) is 5.10 Å². The monoisotopic (exact) mass is 359 g/mol. The highest BCUT2D eigenvalue weighted by Gasteiger charge is 2.12. The first-order valence-corrected chi connectivity index (χ1v) is 7.30. The summed E-state index contributed by atoms with van der Waals surface area (Å²) in [4.78, 5) is 12.2. The number of aromatic nitrogens is 2. The second-order valence-electron chi connectivity index (χ2n) is 4.56. The Bertz CT molecular complexity index is 817. The molecule has 110 valence electrons. The predicted molar refractivity (Wildman–Crippen MR) is 85.6 cm³/mol. The highest BCUT2D eigenvalue weighted by atomic mass is 79.9. The first-order valence-electron chi connectivity index (χ1n) is 6.51. The van der Waals surface area contributed by atoms with Gasteiger partial charge in [-0.05, 0) is 46.3 Å². The lowest BCUT2D eigenvalue weighted by molar-refractivity contribution is 0.102. The molecule has 0 spiro atoms. The van der Waals surface area contributed by atoms with Gasteiger partial charge in [0, 0.05) is 16.7 Å². The lowest BCUT2D eigenvalue weighted by Crippen LogP contribution is -2.13. The minimum atomic E-state index is -0.406. The number of hydrogen-bond donors (Lipinski definition) is 1. The van der Waals surface area contributed by atoms with E-state index in [9.17, 15) is 9.18 Å². The summed E-state index contributed by atoms with van der Waals surface area (Å²) < 4.78 is 15.1. The molecule has 2 aromatic carbocycles. The second-order valence-corrected chi connectivity index (χ2v) is 5.41. The number of carbonyl (C=O) groups excluding carboxylic acids is 1. The van der Waals surface area contributed by atoms with Crippen molar-refractivity contribution in [1.29, 1.82) is 0 Å². The normalized spacial score (nSPS) is 10.5. The van der Waals surface area contributed by atoms with Gasteiger partial charge in [0.25, 0.3) is 5.91 Å². The van der Waals surface area contributed by atoms with E-state index in [1.54, 1.807) is 16.9 Å². The van der Waals surface area contributed by atoms with Gasteiger partial charge in [0.1, 0.15) is 5.82 Å². The number of hydrogen-bond acceptors (Lipinski definition) is 2. The lowest BCUT2D eigenvalue weighted by Gasteiger charge is -2.05. The van der Waals surface area contributed by atoms with Crippen molar-refractivity contribution in [2.45, 2.75) is 0 Å². The summed E-state index contributed by atoms with van der Waals surface area (Å²) in [6.07, 6.45) is 1.75. The van der Waals surface area contributed by atoms with Gasteiger partial charge in [0.15, 0.2) is 5.82 Å². The number of amides is 1. The predicted octanol–water partition coefficient (Wildman–Crippen LogP) is 4.03. The van der Waals surface area contributed by atoms with Crippen LogP contribution in [0.25, 0.3) is 5.69 Å². The summed E-state index contributed by atoms with van der Waals surface area (Å²) in [5.41, 5.74) is 1.24. The number of para-hydroxylation sites is 1. The van der Waals surface area contributed by atoms with E-state index in [1.807, 2.05) is 30.3 Å². The van der Waals surface area contributed by atoms with Crippen LogP contribution < -0.4 is 5.32 Å². The Morgan fingerprint density at radius 2 is 1.91 bits per heavy atom. The van der Waals surface area contributed by atoms with Gasteiger partial charge in [-0.15, -0.1) is 0 Å². The maximum atomic E-state index is 13.1. The van der Waals surface area contributed by atoms with Crippen LogP contribution in [0.2, 0.25) is 0 Å². The molecule has 4 nitrogen and oxygen atoms in total. The molecule has 0 fully saturated rings. The minimum absolute atomic E-state index is 0.343. The van der Waals surface area contributed by atoms with Crippen molar-refractivity contribution in [3.8, 4) is 5.69 Å². The van der Waals surface area contributed by atoms with Gasteiger partial charge < -0.3 is 5.32 Å². The maximum Gasteiger partial charge on any atom is 0.258 e. The molecule has 0 saturated carbocycles. The molecule has 0 aliphatic carbocycles. The smallest absolute Gasteiger partial charge is 0.258 e. The molecule has 0 saturated heterocycles. The van der Waals surface area contributed by atoms with Gasteiger partial charge in [-0.3, -0.25) is 4.79 Å². The Labute approximate surface area is 134 Å². The quantitative estimate of drug-likeness (QED) is 0.767. The highest BCUT2D eigenvalue weighted by Crippen LogP contribution is 2.19. The van der Waals surface area contributed by atoms with Crippen molar-refractivity contribution in [2.24, 2.45) is 0 Å². The minimum Gasteiger partial charge on any atom is -0.305 e. The van der Waals surface area contributed by atoms with Crippen molar-refractivity contribution in [2.75, 3.05) is 5.32 Å². The van der Waals surface area contributed by atoms with Gasteiger partial charge >= 0.3 is 0 Å². The maximum absolute atomic E-state index is 13.1. The molecular formula is C16H11BrFN3O. The van der Waals surface area contributed by atoms with Gasteiger partial charge in [0.2, 0.25) is 0 Å². The molecule has 1 aromatic heterocycles. The molecule has 0 radical (unpaired) electrons. The van der Waals surface area contributed by atoms with E-state index in [0.717, 1.165) is 5.69 Å². The van der Waals surface area contributed by atoms with Crippen molar-refractivity contribution in [3.05, 3.63) is 76.6 Å². The summed E-state index contributed by atoms with van der Waals surface area (Å²) in [6.45, 7) is 0. The van der Waals surface area contributed by atoms with Crippen LogP contribution >= 0.6 is 15.9 Å². The van der Waals surface area contributed by atoms with Gasteiger partial charge in [0.05, 0.1) is 11.3 Å². The van der Waals surface area contributed by atoms with Gasteiger partial charge in [-0.1, -0.05) is 18.2 Å². The molecule has 0 unspecified atom stereocenters. The Balaban J connectivity index is 1.79. The summed E-state index contributed by atoms with van der Waals surface area (Å²) >= 11 is 3.18. The fourth-order valence-electron chi connectivity index (χ4n) is 1.97. The van der Waals surface area contributed by atoms with Crippen LogP contribution in [0.5, 0.6) is 0 Å². The molecule has 22 heavy (non-hydrogen) atoms. The third-order valence-electron chi connectivity index (χ3n) is 3.03. The van der Waals surface area contributed by atoms with E-state index in [2.05, 4.69) is 26.3 Å². The van der Waals surface area contributed by atoms with E-state index in [1.165, 1.54) is 18.2 Å². The first-order chi connectivity index (χ1) is 10.6. The number of carbonyl (C=O) groups is 1. The SMILES string of the molecule is O=C(Nc1ccn(-c2ccccc2)n1)c1ccc(F)cc1Br. The van der Waals surface area contributed by atoms with Crippen LogP contribution in [-0.2, 0) is 0 Å². The van der Waals surface area contributed by atoms with Crippen molar-refractivity contribution in [1.82, 2.24) is 9.78 Å². The van der Waals surface area contributed by atoms with Crippen LogP contribution in [0.15, 0.2) is 65.3 Å². The van der Waals surface area contributed by atoms with E-state index >= 15 is 0 Å². The number of halogens is 2. The Kier molecular flexibility index (Phi) is 4.02. The average Bonchev–Trinajstić information content (AvgIpc) is 2.96. The summed E-state index contributed by atoms with van der Waals surface area (Å²) in [5, 5.41) is 6.97. The van der Waals surface area contributed by atoms with Crippen molar-refractivity contribution >= 4 is 27.7 Å². The summed E-state index contributed by atoms with van der Waals surface area (Å²) in [5.74, 6) is -0.341. The van der Waals surface area contributed by atoms with Crippen LogP contribution in [0, 0.1) is 5.82 Å². The van der Waals surface area contributed by atoms with E-state index in [0.29, 0.717) is 15.9 Å². The molecule has 0 atom stereocenters. The molecule has 0 aliphatic rings. The molecule has 0 bridgehead atoms. The molecule has 1 N–H and O–H groups in total. The van der Waals surface area contributed by atoms with E-state index in [-0.39, 0.29) is 5.91 Å². The lowest BCUT2D eigenvalue weighted by atomic mass is 10.2. The molecular weight excluding hydrogens is 349 g/mol. The number of nitrogens with one attached hydrogen (secondary N) is 1. The van der Waals surface area contributed by atoms with E-state index in [4.69, 9.17) is 0 Å². The van der Waals surface area contributed by atoms with Crippen molar-refractivity contribution < 1.29 is 9.18 Å². The van der Waals surface area contributed by atoms with Crippen LogP contribution in [0.1, 0.15) is 10.4 Å².